The van der Waals surface area contributed by atoms with Crippen LogP contribution in [0.3, 0.4) is 0 Å². The zero-order valence-corrected chi connectivity index (χ0v) is 17.5. The highest BCUT2D eigenvalue weighted by Crippen LogP contribution is 2.18. The maximum absolute atomic E-state index is 12.7. The van der Waals surface area contributed by atoms with Gasteiger partial charge in [-0.1, -0.05) is 38.1 Å². The minimum absolute atomic E-state index is 0.0559. The summed E-state index contributed by atoms with van der Waals surface area (Å²) in [6.45, 7) is 8.28. The quantitative estimate of drug-likeness (QED) is 0.602. The first-order valence-electron chi connectivity index (χ1n) is 9.10. The van der Waals surface area contributed by atoms with Gasteiger partial charge in [-0.15, -0.1) is 11.3 Å². The molecule has 142 valence electrons. The molecule has 0 fully saturated rings. The fraction of sp³-hybridized carbons (Fsp3) is 0.333. The number of nitrogens with zero attached hydrogens (tertiary/aromatic N) is 1. The molecule has 0 aliphatic carbocycles. The molecule has 0 aliphatic rings. The Morgan fingerprint density at radius 3 is 2.78 bits per heavy atom. The van der Waals surface area contributed by atoms with Crippen molar-refractivity contribution in [2.45, 2.75) is 33.9 Å². The summed E-state index contributed by atoms with van der Waals surface area (Å²) >= 11 is 7.33. The monoisotopic (exact) mass is 399 g/mol. The van der Waals surface area contributed by atoms with Gasteiger partial charge in [-0.2, -0.15) is 0 Å². The molecule has 3 rings (SSSR count). The van der Waals surface area contributed by atoms with Crippen molar-refractivity contribution >= 4 is 39.6 Å². The second kappa shape index (κ2) is 8.67. The number of H-pyrrole nitrogens is 1. The average molecular weight is 400 g/mol. The van der Waals surface area contributed by atoms with Crippen molar-refractivity contribution in [2.75, 3.05) is 6.54 Å². The van der Waals surface area contributed by atoms with Crippen molar-refractivity contribution in [1.29, 1.82) is 0 Å². The number of thiocarbonyl (C=S) groups is 1. The topological polar surface area (TPSA) is 48.1 Å². The summed E-state index contributed by atoms with van der Waals surface area (Å²) in [5.41, 5.74) is 2.63. The Hall–Kier alpha value is -2.18. The van der Waals surface area contributed by atoms with E-state index in [1.807, 2.05) is 37.3 Å². The molecule has 0 amide bonds. The minimum Gasteiger partial charge on any atom is -0.362 e. The molecule has 27 heavy (non-hydrogen) atoms. The molecule has 4 nitrogen and oxygen atoms in total. The number of pyridine rings is 1. The van der Waals surface area contributed by atoms with Crippen LogP contribution in [0, 0.1) is 12.8 Å². The maximum atomic E-state index is 12.7. The lowest BCUT2D eigenvalue weighted by molar-refractivity contribution is 0.397. The highest BCUT2D eigenvalue weighted by molar-refractivity contribution is 7.80. The normalized spacial score (nSPS) is 11.1. The summed E-state index contributed by atoms with van der Waals surface area (Å²) in [4.78, 5) is 19.0. The molecule has 0 saturated carbocycles. The molecule has 6 heteroatoms. The van der Waals surface area contributed by atoms with Crippen LogP contribution in [-0.4, -0.2) is 21.5 Å². The van der Waals surface area contributed by atoms with Crippen molar-refractivity contribution < 1.29 is 0 Å². The van der Waals surface area contributed by atoms with Crippen LogP contribution in [0.2, 0.25) is 0 Å². The standard InChI is InChI=1S/C21H25N3OS2/c1-14(2)11-22-21(26)24(13-18-8-5-9-27-18)12-17-10-16-7-4-6-15(3)19(16)23-20(17)25/h4-10,14H,11-13H2,1-3H3,(H,22,26)(H,23,25). The van der Waals surface area contributed by atoms with Gasteiger partial charge < -0.3 is 15.2 Å². The number of aromatic amines is 1. The summed E-state index contributed by atoms with van der Waals surface area (Å²) in [7, 11) is 0. The van der Waals surface area contributed by atoms with E-state index in [4.69, 9.17) is 12.2 Å². The Morgan fingerprint density at radius 1 is 1.26 bits per heavy atom. The van der Waals surface area contributed by atoms with Crippen LogP contribution in [0.5, 0.6) is 0 Å². The molecule has 2 N–H and O–H groups in total. The largest absolute Gasteiger partial charge is 0.362 e. The van der Waals surface area contributed by atoms with Gasteiger partial charge in [0.2, 0.25) is 0 Å². The summed E-state index contributed by atoms with van der Waals surface area (Å²) in [5, 5.41) is 7.11. The zero-order chi connectivity index (χ0) is 19.4. The highest BCUT2D eigenvalue weighted by atomic mass is 32.1. The number of fused-ring (bicyclic) bond motifs is 1. The van der Waals surface area contributed by atoms with Gasteiger partial charge in [0.1, 0.15) is 0 Å². The molecule has 0 unspecified atom stereocenters. The molecular weight excluding hydrogens is 374 g/mol. The van der Waals surface area contributed by atoms with Gasteiger partial charge >= 0.3 is 0 Å². The number of thiophene rings is 1. The van der Waals surface area contributed by atoms with E-state index in [0.29, 0.717) is 24.1 Å². The lowest BCUT2D eigenvalue weighted by Gasteiger charge is -2.26. The number of aryl methyl sites for hydroxylation is 1. The third-order valence-corrected chi connectivity index (χ3v) is 5.67. The first-order valence-corrected chi connectivity index (χ1v) is 10.4. The molecule has 0 bridgehead atoms. The van der Waals surface area contributed by atoms with Crippen molar-refractivity contribution in [3.8, 4) is 0 Å². The van der Waals surface area contributed by atoms with Crippen molar-refractivity contribution in [2.24, 2.45) is 5.92 Å². The van der Waals surface area contributed by atoms with E-state index in [2.05, 4.69) is 40.5 Å². The Bertz CT molecular complexity index is 977. The molecule has 1 aromatic carbocycles. The number of hydrogen-bond acceptors (Lipinski definition) is 3. The zero-order valence-electron chi connectivity index (χ0n) is 15.9. The predicted molar refractivity (Wildman–Crippen MR) is 118 cm³/mol. The van der Waals surface area contributed by atoms with E-state index in [1.54, 1.807) is 11.3 Å². The molecule has 0 saturated heterocycles. The van der Waals surface area contributed by atoms with Crippen LogP contribution < -0.4 is 10.9 Å². The summed E-state index contributed by atoms with van der Waals surface area (Å²) in [6, 6.07) is 12.2. The number of benzene rings is 1. The number of para-hydroxylation sites is 1. The Balaban J connectivity index is 1.88. The fourth-order valence-electron chi connectivity index (χ4n) is 2.95. The van der Waals surface area contributed by atoms with Gasteiger partial charge in [-0.05, 0) is 53.5 Å². The Morgan fingerprint density at radius 2 is 2.07 bits per heavy atom. The Kier molecular flexibility index (Phi) is 6.29. The van der Waals surface area contributed by atoms with E-state index >= 15 is 0 Å². The van der Waals surface area contributed by atoms with E-state index < -0.39 is 0 Å². The molecule has 0 spiro atoms. The first kappa shape index (κ1) is 19.6. The predicted octanol–water partition coefficient (Wildman–Crippen LogP) is 4.43. The van der Waals surface area contributed by atoms with Crippen molar-refractivity contribution in [3.05, 3.63) is 68.1 Å². The number of rotatable bonds is 6. The number of nitrogens with one attached hydrogen (secondary N) is 2. The molecule has 0 aliphatic heterocycles. The average Bonchev–Trinajstić information content (AvgIpc) is 3.13. The third kappa shape index (κ3) is 4.96. The minimum atomic E-state index is -0.0559. The summed E-state index contributed by atoms with van der Waals surface area (Å²) in [6.07, 6.45) is 0. The lowest BCUT2D eigenvalue weighted by atomic mass is 10.1. The molecule has 0 radical (unpaired) electrons. The molecule has 2 heterocycles. The van der Waals surface area contributed by atoms with Crippen molar-refractivity contribution in [1.82, 2.24) is 15.2 Å². The van der Waals surface area contributed by atoms with Crippen LogP contribution in [0.1, 0.15) is 29.9 Å². The second-order valence-corrected chi connectivity index (χ2v) is 8.60. The van der Waals surface area contributed by atoms with Gasteiger partial charge in [-0.3, -0.25) is 4.79 Å². The molecule has 3 aromatic rings. The lowest BCUT2D eigenvalue weighted by Crippen LogP contribution is -2.41. The van der Waals surface area contributed by atoms with Crippen LogP contribution in [0.15, 0.2) is 46.6 Å². The third-order valence-electron chi connectivity index (χ3n) is 4.40. The van der Waals surface area contributed by atoms with Crippen LogP contribution in [0.25, 0.3) is 10.9 Å². The molecule has 2 aromatic heterocycles. The van der Waals surface area contributed by atoms with E-state index in [9.17, 15) is 4.79 Å². The van der Waals surface area contributed by atoms with E-state index in [0.717, 1.165) is 28.6 Å². The van der Waals surface area contributed by atoms with Crippen LogP contribution in [-0.2, 0) is 13.1 Å². The number of aromatic nitrogens is 1. The molecule has 0 atom stereocenters. The van der Waals surface area contributed by atoms with Crippen LogP contribution in [0.4, 0.5) is 0 Å². The number of hydrogen-bond donors (Lipinski definition) is 2. The first-order chi connectivity index (χ1) is 12.9. The summed E-state index contributed by atoms with van der Waals surface area (Å²) in [5.74, 6) is 0.499. The Labute approximate surface area is 169 Å². The summed E-state index contributed by atoms with van der Waals surface area (Å²) < 4.78 is 0. The van der Waals surface area contributed by atoms with E-state index in [1.165, 1.54) is 4.88 Å². The SMILES string of the molecule is Cc1cccc2cc(CN(Cc3cccs3)C(=S)NCC(C)C)c(=O)[nH]c12. The highest BCUT2D eigenvalue weighted by Gasteiger charge is 2.15. The van der Waals surface area contributed by atoms with Gasteiger partial charge in [0.05, 0.1) is 18.6 Å². The van der Waals surface area contributed by atoms with Crippen LogP contribution >= 0.6 is 23.6 Å². The van der Waals surface area contributed by atoms with Gasteiger partial charge in [0.25, 0.3) is 5.56 Å². The second-order valence-electron chi connectivity index (χ2n) is 7.18. The van der Waals surface area contributed by atoms with Gasteiger partial charge in [0.15, 0.2) is 5.11 Å². The van der Waals surface area contributed by atoms with E-state index in [-0.39, 0.29) is 5.56 Å². The van der Waals surface area contributed by atoms with Gasteiger partial charge in [0, 0.05) is 17.0 Å². The van der Waals surface area contributed by atoms with Crippen molar-refractivity contribution in [3.63, 3.8) is 0 Å². The molecular formula is C21H25N3OS2. The maximum Gasteiger partial charge on any atom is 0.253 e. The smallest absolute Gasteiger partial charge is 0.253 e. The fourth-order valence-corrected chi connectivity index (χ4v) is 3.88. The van der Waals surface area contributed by atoms with Gasteiger partial charge in [-0.25, -0.2) is 0 Å².